The van der Waals surface area contributed by atoms with Crippen LogP contribution in [0.25, 0.3) is 0 Å². The largest absolute Gasteiger partial charge is 0.359 e. The molecular formula is C22H44N2O2S2. The molecule has 3 unspecified atom stereocenters. The Morgan fingerprint density at radius 2 is 1.25 bits per heavy atom. The maximum Gasteiger partial charge on any atom is 0.221 e. The number of amides is 2. The average Bonchev–Trinajstić information content (AvgIpc) is 2.68. The van der Waals surface area contributed by atoms with Crippen LogP contribution in [0.3, 0.4) is 0 Å². The molecule has 0 aliphatic heterocycles. The van der Waals surface area contributed by atoms with Gasteiger partial charge in [-0.25, -0.2) is 0 Å². The number of rotatable bonds is 16. The predicted octanol–water partition coefficient (Wildman–Crippen LogP) is 5.52. The molecule has 0 fully saturated rings. The van der Waals surface area contributed by atoms with Crippen molar-refractivity contribution in [2.75, 3.05) is 18.6 Å². The van der Waals surface area contributed by atoms with E-state index in [0.717, 1.165) is 17.4 Å². The summed E-state index contributed by atoms with van der Waals surface area (Å²) in [5, 5.41) is 5.93. The Hall–Kier alpha value is -0.360. The fourth-order valence-corrected chi connectivity index (χ4v) is 6.39. The van der Waals surface area contributed by atoms with Crippen molar-refractivity contribution in [3.05, 3.63) is 0 Å². The molecule has 0 aromatic heterocycles. The van der Waals surface area contributed by atoms with Gasteiger partial charge in [-0.05, 0) is 30.6 Å². The van der Waals surface area contributed by atoms with Crippen LogP contribution in [-0.2, 0) is 9.59 Å². The summed E-state index contributed by atoms with van der Waals surface area (Å²) in [6, 6.07) is 0.207. The molecule has 2 N–H and O–H groups in total. The minimum absolute atomic E-state index is 0.0682. The van der Waals surface area contributed by atoms with Gasteiger partial charge < -0.3 is 10.6 Å². The van der Waals surface area contributed by atoms with E-state index in [9.17, 15) is 9.59 Å². The molecule has 0 bridgehead atoms. The van der Waals surface area contributed by atoms with E-state index < -0.39 is 0 Å². The van der Waals surface area contributed by atoms with Crippen molar-refractivity contribution >= 4 is 33.4 Å². The van der Waals surface area contributed by atoms with Crippen LogP contribution < -0.4 is 10.6 Å². The standard InChI is InChI=1S/C22H44N2O2S2/c1-8-18(9-2)16(5)22(19(10-3)11-4)17(6)24-21(26)13-15-28-27-14-12-20(25)23-7/h16-19,22H,8-15H2,1-7H3,(H,23,25)(H,24,26). The Kier molecular flexibility index (Phi) is 16.2. The summed E-state index contributed by atoms with van der Waals surface area (Å²) in [5.74, 6) is 4.31. The molecule has 0 aromatic rings. The van der Waals surface area contributed by atoms with Crippen molar-refractivity contribution in [2.45, 2.75) is 86.1 Å². The predicted molar refractivity (Wildman–Crippen MR) is 127 cm³/mol. The van der Waals surface area contributed by atoms with Gasteiger partial charge in [0.05, 0.1) is 0 Å². The lowest BCUT2D eigenvalue weighted by Gasteiger charge is -2.39. The lowest BCUT2D eigenvalue weighted by atomic mass is 9.69. The SMILES string of the molecule is CCC(CC)C(C)C(C(CC)CC)C(C)NC(=O)CCSSCCC(=O)NC. The molecule has 0 aliphatic carbocycles. The Labute approximate surface area is 181 Å². The third-order valence-corrected chi connectivity index (χ3v) is 8.55. The normalized spacial score (nSPS) is 14.8. The van der Waals surface area contributed by atoms with E-state index >= 15 is 0 Å². The van der Waals surface area contributed by atoms with Gasteiger partial charge in [0.15, 0.2) is 0 Å². The second-order valence-corrected chi connectivity index (χ2v) is 10.5. The first kappa shape index (κ1) is 27.6. The van der Waals surface area contributed by atoms with Crippen molar-refractivity contribution in [1.82, 2.24) is 10.6 Å². The van der Waals surface area contributed by atoms with Crippen LogP contribution in [0, 0.1) is 23.7 Å². The molecule has 2 amide bonds. The fraction of sp³-hybridized carbons (Fsp3) is 0.909. The number of nitrogens with one attached hydrogen (secondary N) is 2. The summed E-state index contributed by atoms with van der Waals surface area (Å²) < 4.78 is 0. The van der Waals surface area contributed by atoms with Gasteiger partial charge in [0.1, 0.15) is 0 Å². The molecule has 0 saturated carbocycles. The van der Waals surface area contributed by atoms with Gasteiger partial charge in [-0.15, -0.1) is 0 Å². The molecule has 0 heterocycles. The molecule has 0 radical (unpaired) electrons. The highest BCUT2D eigenvalue weighted by Gasteiger charge is 2.33. The van der Waals surface area contributed by atoms with E-state index in [2.05, 4.69) is 52.2 Å². The molecule has 6 heteroatoms. The molecule has 0 rings (SSSR count). The molecule has 0 saturated heterocycles. The zero-order valence-electron chi connectivity index (χ0n) is 19.2. The second kappa shape index (κ2) is 16.4. The Balaban J connectivity index is 4.57. The Morgan fingerprint density at radius 1 is 0.786 bits per heavy atom. The quantitative estimate of drug-likeness (QED) is 0.249. The summed E-state index contributed by atoms with van der Waals surface area (Å²) in [4.78, 5) is 23.7. The number of hydrogen-bond donors (Lipinski definition) is 2. The van der Waals surface area contributed by atoms with E-state index in [0.29, 0.717) is 30.6 Å². The van der Waals surface area contributed by atoms with Crippen molar-refractivity contribution in [1.29, 1.82) is 0 Å². The number of carbonyl (C=O) groups excluding carboxylic acids is 2. The van der Waals surface area contributed by atoms with Crippen LogP contribution in [-0.4, -0.2) is 36.4 Å². The van der Waals surface area contributed by atoms with Gasteiger partial charge in [-0.2, -0.15) is 0 Å². The van der Waals surface area contributed by atoms with Crippen LogP contribution in [0.2, 0.25) is 0 Å². The van der Waals surface area contributed by atoms with Crippen LogP contribution in [0.5, 0.6) is 0 Å². The van der Waals surface area contributed by atoms with Gasteiger partial charge >= 0.3 is 0 Å². The third kappa shape index (κ3) is 10.4. The maximum absolute atomic E-state index is 12.5. The molecule has 4 nitrogen and oxygen atoms in total. The van der Waals surface area contributed by atoms with Crippen molar-refractivity contribution in [3.63, 3.8) is 0 Å². The fourth-order valence-electron chi connectivity index (χ4n) is 4.41. The summed E-state index contributed by atoms with van der Waals surface area (Å²) in [6.45, 7) is 13.7. The minimum Gasteiger partial charge on any atom is -0.359 e. The van der Waals surface area contributed by atoms with Gasteiger partial charge in [-0.1, -0.05) is 81.9 Å². The Bertz CT molecular complexity index is 427. The number of carbonyl (C=O) groups is 2. The topological polar surface area (TPSA) is 58.2 Å². The van der Waals surface area contributed by atoms with Gasteiger partial charge in [0.2, 0.25) is 11.8 Å². The first-order chi connectivity index (χ1) is 13.4. The molecular weight excluding hydrogens is 388 g/mol. The molecule has 166 valence electrons. The van der Waals surface area contributed by atoms with E-state index in [1.165, 1.54) is 25.7 Å². The highest BCUT2D eigenvalue weighted by Crippen LogP contribution is 2.36. The van der Waals surface area contributed by atoms with Gasteiger partial charge in [-0.3, -0.25) is 9.59 Å². The summed E-state index contributed by atoms with van der Waals surface area (Å²) >= 11 is 0. The highest BCUT2D eigenvalue weighted by atomic mass is 33.1. The van der Waals surface area contributed by atoms with Crippen LogP contribution in [0.4, 0.5) is 0 Å². The summed E-state index contributed by atoms with van der Waals surface area (Å²) in [5.41, 5.74) is 0. The lowest BCUT2D eigenvalue weighted by molar-refractivity contribution is -0.122. The molecule has 0 aliphatic rings. The second-order valence-electron chi connectivity index (χ2n) is 7.76. The lowest BCUT2D eigenvalue weighted by Crippen LogP contribution is -2.45. The third-order valence-electron chi connectivity index (χ3n) is 6.15. The first-order valence-electron chi connectivity index (χ1n) is 11.1. The smallest absolute Gasteiger partial charge is 0.221 e. The maximum atomic E-state index is 12.5. The zero-order chi connectivity index (χ0) is 21.5. The van der Waals surface area contributed by atoms with Crippen LogP contribution in [0.1, 0.15) is 80.1 Å². The van der Waals surface area contributed by atoms with Crippen LogP contribution >= 0.6 is 21.6 Å². The van der Waals surface area contributed by atoms with E-state index in [1.807, 2.05) is 0 Å². The monoisotopic (exact) mass is 432 g/mol. The van der Waals surface area contributed by atoms with Gasteiger partial charge in [0, 0.05) is 37.4 Å². The Morgan fingerprint density at radius 3 is 1.68 bits per heavy atom. The van der Waals surface area contributed by atoms with Crippen molar-refractivity contribution < 1.29 is 9.59 Å². The first-order valence-corrected chi connectivity index (χ1v) is 13.6. The zero-order valence-corrected chi connectivity index (χ0v) is 20.8. The number of hydrogen-bond acceptors (Lipinski definition) is 4. The van der Waals surface area contributed by atoms with E-state index in [-0.39, 0.29) is 17.9 Å². The van der Waals surface area contributed by atoms with E-state index in [4.69, 9.17) is 0 Å². The minimum atomic E-state index is 0.0682. The molecule has 28 heavy (non-hydrogen) atoms. The molecule has 3 atom stereocenters. The van der Waals surface area contributed by atoms with Gasteiger partial charge in [0.25, 0.3) is 0 Å². The van der Waals surface area contributed by atoms with Crippen molar-refractivity contribution in [2.24, 2.45) is 23.7 Å². The van der Waals surface area contributed by atoms with Crippen LogP contribution in [0.15, 0.2) is 0 Å². The van der Waals surface area contributed by atoms with E-state index in [1.54, 1.807) is 28.6 Å². The highest BCUT2D eigenvalue weighted by molar-refractivity contribution is 8.76. The molecule has 0 aromatic carbocycles. The summed E-state index contributed by atoms with van der Waals surface area (Å²) in [7, 11) is 5.00. The summed E-state index contributed by atoms with van der Waals surface area (Å²) in [6.07, 6.45) is 5.82. The van der Waals surface area contributed by atoms with Crippen molar-refractivity contribution in [3.8, 4) is 0 Å². The average molecular weight is 433 g/mol. The molecule has 0 spiro atoms.